The van der Waals surface area contributed by atoms with Crippen molar-refractivity contribution in [1.82, 2.24) is 4.90 Å². The molecule has 2 aromatic carbocycles. The van der Waals surface area contributed by atoms with Crippen molar-refractivity contribution in [3.05, 3.63) is 71.0 Å². The Hall–Kier alpha value is -3.64. The van der Waals surface area contributed by atoms with Crippen LogP contribution in [0.1, 0.15) is 75.0 Å². The topological polar surface area (TPSA) is 133 Å². The van der Waals surface area contributed by atoms with E-state index in [0.717, 1.165) is 49.0 Å². The van der Waals surface area contributed by atoms with Crippen molar-refractivity contribution in [2.45, 2.75) is 101 Å². The van der Waals surface area contributed by atoms with E-state index in [4.69, 9.17) is 28.4 Å². The zero-order valence-electron chi connectivity index (χ0n) is 28.9. The van der Waals surface area contributed by atoms with Crippen LogP contribution >= 0.6 is 0 Å². The minimum atomic E-state index is -2.09. The quantitative estimate of drug-likeness (QED) is 0.230. The second kappa shape index (κ2) is 14.7. The molecular weight excluding hydrogens is 630 g/mol. The molecule has 1 fully saturated rings. The summed E-state index contributed by atoms with van der Waals surface area (Å²) in [6, 6.07) is 13.5. The van der Waals surface area contributed by atoms with Crippen molar-refractivity contribution in [3.8, 4) is 11.5 Å². The fourth-order valence-electron chi connectivity index (χ4n) is 8.02. The average molecular weight is 680 g/mol. The third kappa shape index (κ3) is 7.75. The van der Waals surface area contributed by atoms with Gasteiger partial charge in [0.15, 0.2) is 29.5 Å². The Morgan fingerprint density at radius 2 is 1.82 bits per heavy atom. The van der Waals surface area contributed by atoms with E-state index in [2.05, 4.69) is 11.0 Å². The van der Waals surface area contributed by atoms with E-state index in [1.165, 1.54) is 7.11 Å². The van der Waals surface area contributed by atoms with Gasteiger partial charge in [-0.05, 0) is 99.7 Å². The Kier molecular flexibility index (Phi) is 10.5. The minimum Gasteiger partial charge on any atom is -0.497 e. The van der Waals surface area contributed by atoms with Crippen LogP contribution in [0, 0.1) is 5.92 Å². The molecule has 4 aliphatic rings. The molecule has 2 N–H and O–H groups in total. The van der Waals surface area contributed by atoms with Gasteiger partial charge in [0, 0.05) is 32.0 Å². The van der Waals surface area contributed by atoms with Gasteiger partial charge in [0.25, 0.3) is 0 Å². The first kappa shape index (κ1) is 35.2. The molecule has 11 nitrogen and oxygen atoms in total. The number of fused-ring (bicyclic) bond motifs is 3. The van der Waals surface area contributed by atoms with E-state index < -0.39 is 36.0 Å². The predicted octanol–water partition coefficient (Wildman–Crippen LogP) is 4.41. The van der Waals surface area contributed by atoms with Gasteiger partial charge >= 0.3 is 11.9 Å². The first-order valence-corrected chi connectivity index (χ1v) is 17.3. The molecule has 0 bridgehead atoms. The van der Waals surface area contributed by atoms with Crippen LogP contribution in [-0.2, 0) is 41.4 Å². The van der Waals surface area contributed by atoms with Crippen molar-refractivity contribution in [2.75, 3.05) is 34.1 Å². The lowest BCUT2D eigenvalue weighted by Crippen LogP contribution is -2.55. The Morgan fingerprint density at radius 1 is 1.06 bits per heavy atom. The van der Waals surface area contributed by atoms with Gasteiger partial charge in [-0.2, -0.15) is 0 Å². The molecule has 0 amide bonds. The number of aliphatic hydroxyl groups is 2. The molecule has 6 atom stereocenters. The van der Waals surface area contributed by atoms with Crippen LogP contribution in [0.15, 0.2) is 54.3 Å². The SMILES string of the molecule is COC1=C[C@H]2CCCN3CCc4cc5c(cc4[C@@H]([C@@H]23)[C@@H]1OC(=O)[C@@](O)(CCCC(C)(C)OC(=O)Cc1ccccc1)CC(O)OC)OCO5. The van der Waals surface area contributed by atoms with Gasteiger partial charge in [0.05, 0.1) is 13.5 Å². The third-order valence-electron chi connectivity index (χ3n) is 10.4. The number of aliphatic hydroxyl groups excluding tert-OH is 1. The molecule has 3 heterocycles. The fraction of sp³-hybridized carbons (Fsp3) is 0.579. The van der Waals surface area contributed by atoms with Crippen molar-refractivity contribution >= 4 is 11.9 Å². The lowest BCUT2D eigenvalue weighted by Gasteiger charge is -2.48. The maximum Gasteiger partial charge on any atom is 0.339 e. The molecule has 0 aromatic heterocycles. The van der Waals surface area contributed by atoms with E-state index in [-0.39, 0.29) is 43.5 Å². The number of esters is 2. The summed E-state index contributed by atoms with van der Waals surface area (Å²) in [5.74, 6) is 0.569. The highest BCUT2D eigenvalue weighted by Gasteiger charge is 2.51. The second-order valence-corrected chi connectivity index (χ2v) is 14.3. The highest BCUT2D eigenvalue weighted by molar-refractivity contribution is 5.80. The summed E-state index contributed by atoms with van der Waals surface area (Å²) in [4.78, 5) is 29.4. The number of rotatable bonds is 13. The smallest absolute Gasteiger partial charge is 0.339 e. The van der Waals surface area contributed by atoms with Crippen LogP contribution in [0.3, 0.4) is 0 Å². The first-order chi connectivity index (χ1) is 23.5. The van der Waals surface area contributed by atoms with Gasteiger partial charge in [-0.3, -0.25) is 9.69 Å². The normalized spacial score (nSPS) is 24.7. The van der Waals surface area contributed by atoms with Crippen LogP contribution < -0.4 is 9.47 Å². The Balaban J connectivity index is 1.23. The van der Waals surface area contributed by atoms with Crippen molar-refractivity contribution in [1.29, 1.82) is 0 Å². The van der Waals surface area contributed by atoms with Gasteiger partial charge < -0.3 is 38.6 Å². The number of carbonyl (C=O) groups excluding carboxylic acids is 2. The summed E-state index contributed by atoms with van der Waals surface area (Å²) in [6.45, 7) is 5.55. The monoisotopic (exact) mass is 679 g/mol. The van der Waals surface area contributed by atoms with Gasteiger partial charge in [-0.25, -0.2) is 4.79 Å². The minimum absolute atomic E-state index is 0.0519. The summed E-state index contributed by atoms with van der Waals surface area (Å²) in [7, 11) is 2.88. The molecule has 0 saturated carbocycles. The van der Waals surface area contributed by atoms with Crippen LogP contribution in [-0.4, -0.2) is 90.8 Å². The standard InChI is InChI=1S/C38H49NO10/c1-37(2,49-31(40)18-24-10-6-5-7-11-24)14-9-15-38(43,22-32(41)45-4)36(42)48-35-30(44-3)20-26-12-8-16-39-17-13-25-19-28-29(47-23-46-28)21-27(25)33(35)34(26)39/h5-7,10-11,19-21,26,32-35,41,43H,8-9,12-18,22-23H2,1-4H3/t26-,32?,33+,34-,35-,38-/m1/s1. The molecule has 1 saturated heterocycles. The third-order valence-corrected chi connectivity index (χ3v) is 10.4. The molecule has 0 spiro atoms. The summed E-state index contributed by atoms with van der Waals surface area (Å²) >= 11 is 0. The number of methoxy groups -OCH3 is 2. The van der Waals surface area contributed by atoms with Crippen LogP contribution in [0.2, 0.25) is 0 Å². The molecule has 11 heteroatoms. The second-order valence-electron chi connectivity index (χ2n) is 14.3. The molecule has 0 radical (unpaired) electrons. The number of piperidine rings is 1. The molecule has 1 aliphatic carbocycles. The predicted molar refractivity (Wildman–Crippen MR) is 179 cm³/mol. The summed E-state index contributed by atoms with van der Waals surface area (Å²) in [5.41, 5.74) is 0.0229. The molecule has 1 unspecified atom stereocenters. The van der Waals surface area contributed by atoms with Gasteiger partial charge in [0.2, 0.25) is 6.79 Å². The van der Waals surface area contributed by atoms with Gasteiger partial charge in [-0.1, -0.05) is 30.3 Å². The van der Waals surface area contributed by atoms with E-state index in [9.17, 15) is 19.8 Å². The van der Waals surface area contributed by atoms with Gasteiger partial charge in [-0.15, -0.1) is 0 Å². The summed E-state index contributed by atoms with van der Waals surface area (Å²) in [5, 5.41) is 22.4. The Labute approximate surface area is 288 Å². The fourth-order valence-corrected chi connectivity index (χ4v) is 8.02. The highest BCUT2D eigenvalue weighted by Crippen LogP contribution is 2.50. The maximum atomic E-state index is 14.2. The Bertz CT molecular complexity index is 1530. The maximum absolute atomic E-state index is 14.2. The van der Waals surface area contributed by atoms with E-state index >= 15 is 0 Å². The summed E-state index contributed by atoms with van der Waals surface area (Å²) in [6.07, 6.45) is 3.05. The largest absolute Gasteiger partial charge is 0.497 e. The zero-order chi connectivity index (χ0) is 34.8. The van der Waals surface area contributed by atoms with E-state index in [1.807, 2.05) is 42.5 Å². The zero-order valence-corrected chi connectivity index (χ0v) is 28.9. The number of hydrogen-bond acceptors (Lipinski definition) is 11. The van der Waals surface area contributed by atoms with Gasteiger partial charge in [0.1, 0.15) is 11.4 Å². The number of benzene rings is 2. The molecule has 2 aromatic rings. The lowest BCUT2D eigenvalue weighted by molar-refractivity contribution is -0.188. The molecule has 49 heavy (non-hydrogen) atoms. The number of nitrogens with zero attached hydrogens (tertiary/aromatic N) is 1. The van der Waals surface area contributed by atoms with Crippen LogP contribution in [0.5, 0.6) is 11.5 Å². The van der Waals surface area contributed by atoms with E-state index in [1.54, 1.807) is 21.0 Å². The number of hydrogen-bond donors (Lipinski definition) is 2. The number of ether oxygens (including phenoxy) is 6. The molecule has 6 rings (SSSR count). The van der Waals surface area contributed by atoms with Crippen LogP contribution in [0.25, 0.3) is 0 Å². The summed E-state index contributed by atoms with van der Waals surface area (Å²) < 4.78 is 34.6. The lowest BCUT2D eigenvalue weighted by atomic mass is 9.71. The Morgan fingerprint density at radius 3 is 2.55 bits per heavy atom. The molecule has 266 valence electrons. The molecule has 3 aliphatic heterocycles. The first-order valence-electron chi connectivity index (χ1n) is 17.3. The number of carbonyl (C=O) groups is 2. The highest BCUT2D eigenvalue weighted by atomic mass is 16.7. The van der Waals surface area contributed by atoms with Crippen molar-refractivity contribution in [2.24, 2.45) is 5.92 Å². The average Bonchev–Trinajstić information content (AvgIpc) is 3.47. The van der Waals surface area contributed by atoms with Crippen molar-refractivity contribution in [3.63, 3.8) is 0 Å². The van der Waals surface area contributed by atoms with Crippen LogP contribution in [0.4, 0.5) is 0 Å². The van der Waals surface area contributed by atoms with Crippen molar-refractivity contribution < 1.29 is 48.2 Å². The van der Waals surface area contributed by atoms with E-state index in [0.29, 0.717) is 30.1 Å². The molecular formula is C38H49NO10.